The summed E-state index contributed by atoms with van der Waals surface area (Å²) in [5.74, 6) is 1.48. The van der Waals surface area contributed by atoms with Gasteiger partial charge in [0.25, 0.3) is 0 Å². The van der Waals surface area contributed by atoms with Gasteiger partial charge in [-0.05, 0) is 43.0 Å². The number of hydrogen-bond donors (Lipinski definition) is 1. The van der Waals surface area contributed by atoms with Crippen LogP contribution in [0.3, 0.4) is 0 Å². The highest BCUT2D eigenvalue weighted by Crippen LogP contribution is 2.34. The summed E-state index contributed by atoms with van der Waals surface area (Å²) in [7, 11) is 0. The molecule has 2 amide bonds. The van der Waals surface area contributed by atoms with E-state index >= 15 is 0 Å². The van der Waals surface area contributed by atoms with Crippen LogP contribution in [0.1, 0.15) is 30.3 Å². The van der Waals surface area contributed by atoms with E-state index in [1.54, 1.807) is 16.2 Å². The fraction of sp³-hybridized carbons (Fsp3) is 0.353. The third kappa shape index (κ3) is 3.59. The minimum Gasteiger partial charge on any atom is -0.454 e. The molecule has 0 fully saturated rings. The van der Waals surface area contributed by atoms with Gasteiger partial charge in [-0.1, -0.05) is 12.1 Å². The Morgan fingerprint density at radius 2 is 2.17 bits per heavy atom. The van der Waals surface area contributed by atoms with Crippen molar-refractivity contribution in [1.29, 1.82) is 0 Å². The maximum Gasteiger partial charge on any atom is 0.318 e. The lowest BCUT2D eigenvalue weighted by Crippen LogP contribution is -2.40. The predicted molar refractivity (Wildman–Crippen MR) is 89.9 cm³/mol. The SMILES string of the molecule is CCN(Cc1cccs1)C(=O)NC(C)c1ccc2c(c1)OCO2. The minimum absolute atomic E-state index is 0.0638. The molecule has 1 N–H and O–H groups in total. The maximum absolute atomic E-state index is 12.5. The zero-order valence-corrected chi connectivity index (χ0v) is 14.1. The van der Waals surface area contributed by atoms with E-state index in [4.69, 9.17) is 9.47 Å². The highest BCUT2D eigenvalue weighted by Gasteiger charge is 2.19. The van der Waals surface area contributed by atoms with Crippen LogP contribution in [0.5, 0.6) is 11.5 Å². The molecule has 2 aromatic rings. The van der Waals surface area contributed by atoms with E-state index < -0.39 is 0 Å². The summed E-state index contributed by atoms with van der Waals surface area (Å²) >= 11 is 1.66. The third-order valence-corrected chi connectivity index (χ3v) is 4.69. The molecule has 0 bridgehead atoms. The fourth-order valence-corrected chi connectivity index (χ4v) is 3.18. The van der Waals surface area contributed by atoms with Crippen LogP contribution in [0.4, 0.5) is 4.79 Å². The van der Waals surface area contributed by atoms with Crippen molar-refractivity contribution in [3.63, 3.8) is 0 Å². The topological polar surface area (TPSA) is 50.8 Å². The number of fused-ring (bicyclic) bond motifs is 1. The van der Waals surface area contributed by atoms with Gasteiger partial charge in [0.2, 0.25) is 6.79 Å². The van der Waals surface area contributed by atoms with Crippen molar-refractivity contribution >= 4 is 17.4 Å². The molecular weight excluding hydrogens is 312 g/mol. The van der Waals surface area contributed by atoms with Crippen LogP contribution in [0.25, 0.3) is 0 Å². The maximum atomic E-state index is 12.5. The average Bonchev–Trinajstić information content (AvgIpc) is 3.22. The van der Waals surface area contributed by atoms with Crippen molar-refractivity contribution in [2.75, 3.05) is 13.3 Å². The van der Waals surface area contributed by atoms with Crippen molar-refractivity contribution in [3.05, 3.63) is 46.2 Å². The number of nitrogens with one attached hydrogen (secondary N) is 1. The first-order valence-electron chi connectivity index (χ1n) is 7.64. The minimum atomic E-state index is -0.102. The smallest absolute Gasteiger partial charge is 0.318 e. The largest absolute Gasteiger partial charge is 0.454 e. The number of thiophene rings is 1. The molecule has 0 saturated heterocycles. The van der Waals surface area contributed by atoms with E-state index in [0.29, 0.717) is 13.1 Å². The highest BCUT2D eigenvalue weighted by atomic mass is 32.1. The summed E-state index contributed by atoms with van der Waals surface area (Å²) in [6.45, 7) is 5.50. The van der Waals surface area contributed by atoms with Gasteiger partial charge in [0.05, 0.1) is 12.6 Å². The second kappa shape index (κ2) is 6.91. The molecule has 122 valence electrons. The summed E-state index contributed by atoms with van der Waals surface area (Å²) in [6, 6.07) is 9.63. The van der Waals surface area contributed by atoms with Crippen molar-refractivity contribution in [1.82, 2.24) is 10.2 Å². The van der Waals surface area contributed by atoms with Gasteiger partial charge < -0.3 is 19.7 Å². The molecule has 6 heteroatoms. The standard InChI is InChI=1S/C17H20N2O3S/c1-3-19(10-14-5-4-8-23-14)17(20)18-12(2)13-6-7-15-16(9-13)22-11-21-15/h4-9,12H,3,10-11H2,1-2H3,(H,18,20). The highest BCUT2D eigenvalue weighted by molar-refractivity contribution is 7.09. The Morgan fingerprint density at radius 3 is 2.91 bits per heavy atom. The Morgan fingerprint density at radius 1 is 1.35 bits per heavy atom. The summed E-state index contributed by atoms with van der Waals surface area (Å²) in [5.41, 5.74) is 0.995. The third-order valence-electron chi connectivity index (χ3n) is 3.83. The van der Waals surface area contributed by atoms with Gasteiger partial charge in [0, 0.05) is 11.4 Å². The number of amides is 2. The molecule has 2 heterocycles. The monoisotopic (exact) mass is 332 g/mol. The van der Waals surface area contributed by atoms with Crippen molar-refractivity contribution < 1.29 is 14.3 Å². The molecule has 0 radical (unpaired) electrons. The molecule has 1 unspecified atom stereocenters. The molecule has 0 aliphatic carbocycles. The van der Waals surface area contributed by atoms with Gasteiger partial charge in [-0.3, -0.25) is 0 Å². The van der Waals surface area contributed by atoms with Crippen LogP contribution in [-0.2, 0) is 6.54 Å². The first kappa shape index (κ1) is 15.7. The van der Waals surface area contributed by atoms with E-state index in [0.717, 1.165) is 17.1 Å². The van der Waals surface area contributed by atoms with Gasteiger partial charge in [0.1, 0.15) is 0 Å². The fourth-order valence-electron chi connectivity index (χ4n) is 2.46. The Kier molecular flexibility index (Phi) is 4.71. The molecule has 1 aromatic carbocycles. The number of nitrogens with zero attached hydrogens (tertiary/aromatic N) is 1. The lowest BCUT2D eigenvalue weighted by Gasteiger charge is -2.24. The number of carbonyl (C=O) groups is 1. The normalized spacial score (nSPS) is 13.7. The van der Waals surface area contributed by atoms with Crippen molar-refractivity contribution in [2.45, 2.75) is 26.4 Å². The molecule has 1 atom stereocenters. The van der Waals surface area contributed by atoms with Gasteiger partial charge in [-0.2, -0.15) is 0 Å². The van der Waals surface area contributed by atoms with Gasteiger partial charge in [-0.15, -0.1) is 11.3 Å². The molecule has 1 aliphatic heterocycles. The summed E-state index contributed by atoms with van der Waals surface area (Å²) in [4.78, 5) is 15.5. The van der Waals surface area contributed by atoms with Crippen LogP contribution < -0.4 is 14.8 Å². The lowest BCUT2D eigenvalue weighted by molar-refractivity contribution is 0.174. The van der Waals surface area contributed by atoms with E-state index in [2.05, 4.69) is 5.32 Å². The Bertz CT molecular complexity index is 672. The zero-order valence-electron chi connectivity index (χ0n) is 13.2. The van der Waals surface area contributed by atoms with E-state index in [-0.39, 0.29) is 18.9 Å². The molecule has 23 heavy (non-hydrogen) atoms. The number of urea groups is 1. The molecule has 1 aromatic heterocycles. The van der Waals surface area contributed by atoms with Crippen molar-refractivity contribution in [3.8, 4) is 11.5 Å². The number of benzene rings is 1. The summed E-state index contributed by atoms with van der Waals surface area (Å²) in [5, 5.41) is 5.07. The van der Waals surface area contributed by atoms with Crippen LogP contribution in [0, 0.1) is 0 Å². The van der Waals surface area contributed by atoms with Crippen LogP contribution in [0.2, 0.25) is 0 Å². The van der Waals surface area contributed by atoms with Crippen LogP contribution >= 0.6 is 11.3 Å². The predicted octanol–water partition coefficient (Wildman–Crippen LogP) is 3.77. The number of carbonyl (C=O) groups excluding carboxylic acids is 1. The molecule has 0 saturated carbocycles. The molecule has 1 aliphatic rings. The number of ether oxygens (including phenoxy) is 2. The first-order valence-corrected chi connectivity index (χ1v) is 8.52. The number of rotatable bonds is 5. The second-order valence-corrected chi connectivity index (χ2v) is 6.41. The van der Waals surface area contributed by atoms with Crippen LogP contribution in [0.15, 0.2) is 35.7 Å². The van der Waals surface area contributed by atoms with Crippen LogP contribution in [-0.4, -0.2) is 24.3 Å². The first-order chi connectivity index (χ1) is 11.2. The molecule has 3 rings (SSSR count). The van der Waals surface area contributed by atoms with E-state index in [1.165, 1.54) is 4.88 Å². The van der Waals surface area contributed by atoms with E-state index in [9.17, 15) is 4.79 Å². The average molecular weight is 332 g/mol. The summed E-state index contributed by atoms with van der Waals surface area (Å²) in [6.07, 6.45) is 0. The molecular formula is C17H20N2O3S. The van der Waals surface area contributed by atoms with Gasteiger partial charge in [0.15, 0.2) is 11.5 Å². The quantitative estimate of drug-likeness (QED) is 0.907. The van der Waals surface area contributed by atoms with E-state index in [1.807, 2.05) is 49.6 Å². The molecule has 5 nitrogen and oxygen atoms in total. The zero-order chi connectivity index (χ0) is 16.2. The number of hydrogen-bond acceptors (Lipinski definition) is 4. The lowest BCUT2D eigenvalue weighted by atomic mass is 10.1. The van der Waals surface area contributed by atoms with Gasteiger partial charge in [-0.25, -0.2) is 4.79 Å². The van der Waals surface area contributed by atoms with Gasteiger partial charge >= 0.3 is 6.03 Å². The Labute approximate surface area is 139 Å². The van der Waals surface area contributed by atoms with Crippen molar-refractivity contribution in [2.24, 2.45) is 0 Å². The summed E-state index contributed by atoms with van der Waals surface area (Å²) < 4.78 is 10.7. The second-order valence-electron chi connectivity index (χ2n) is 5.38. The molecule has 0 spiro atoms. The Hall–Kier alpha value is -2.21. The Balaban J connectivity index is 1.64.